The maximum absolute atomic E-state index is 5.72. The van der Waals surface area contributed by atoms with Gasteiger partial charge in [-0.15, -0.1) is 11.6 Å². The highest BCUT2D eigenvalue weighted by atomic mass is 35.5. The van der Waals surface area contributed by atoms with Crippen molar-refractivity contribution in [3.63, 3.8) is 0 Å². The zero-order valence-electron chi connectivity index (χ0n) is 9.70. The van der Waals surface area contributed by atoms with E-state index in [0.29, 0.717) is 17.8 Å². The van der Waals surface area contributed by atoms with Gasteiger partial charge in [0, 0.05) is 24.7 Å². The second-order valence-electron chi connectivity index (χ2n) is 4.27. The van der Waals surface area contributed by atoms with Crippen LogP contribution in [0.2, 0.25) is 0 Å². The number of aromatic nitrogens is 2. The molecule has 1 aromatic heterocycles. The number of alkyl halides is 1. The van der Waals surface area contributed by atoms with E-state index in [4.69, 9.17) is 11.6 Å². The Kier molecular flexibility index (Phi) is 5.12. The van der Waals surface area contributed by atoms with E-state index in [1.54, 1.807) is 0 Å². The SMILES string of the molecule is CC(CCl)CNCc1ccn(C(C)C)n1. The van der Waals surface area contributed by atoms with Crippen LogP contribution < -0.4 is 5.32 Å². The number of rotatable bonds is 6. The molecule has 3 nitrogen and oxygen atoms in total. The highest BCUT2D eigenvalue weighted by Gasteiger charge is 2.03. The van der Waals surface area contributed by atoms with Crippen LogP contribution in [0.5, 0.6) is 0 Å². The van der Waals surface area contributed by atoms with Crippen LogP contribution in [0, 0.1) is 5.92 Å². The lowest BCUT2D eigenvalue weighted by atomic mass is 10.2. The summed E-state index contributed by atoms with van der Waals surface area (Å²) in [4.78, 5) is 0. The van der Waals surface area contributed by atoms with Crippen LogP contribution in [0.15, 0.2) is 12.3 Å². The van der Waals surface area contributed by atoms with Gasteiger partial charge in [0.1, 0.15) is 0 Å². The standard InChI is InChI=1S/C11H20ClN3/c1-9(2)15-5-4-11(14-15)8-13-7-10(3)6-12/h4-5,9-10,13H,6-8H2,1-3H3. The normalized spacial score (nSPS) is 13.4. The van der Waals surface area contributed by atoms with Crippen LogP contribution in [0.4, 0.5) is 0 Å². The smallest absolute Gasteiger partial charge is 0.0762 e. The molecule has 0 bridgehead atoms. The summed E-state index contributed by atoms with van der Waals surface area (Å²) in [5, 5.41) is 7.80. The summed E-state index contributed by atoms with van der Waals surface area (Å²) in [5.74, 6) is 1.21. The average Bonchev–Trinajstić information content (AvgIpc) is 2.66. The van der Waals surface area contributed by atoms with Gasteiger partial charge in [-0.3, -0.25) is 4.68 Å². The second-order valence-corrected chi connectivity index (χ2v) is 4.58. The first-order valence-electron chi connectivity index (χ1n) is 5.44. The van der Waals surface area contributed by atoms with Crippen LogP contribution in [-0.4, -0.2) is 22.2 Å². The Labute approximate surface area is 96.8 Å². The molecule has 0 fully saturated rings. The molecule has 0 aromatic carbocycles. The van der Waals surface area contributed by atoms with E-state index in [9.17, 15) is 0 Å². The minimum Gasteiger partial charge on any atom is -0.311 e. The number of halogens is 1. The molecule has 0 aliphatic carbocycles. The fourth-order valence-corrected chi connectivity index (χ4v) is 1.37. The van der Waals surface area contributed by atoms with E-state index >= 15 is 0 Å². The van der Waals surface area contributed by atoms with Crippen molar-refractivity contribution in [2.24, 2.45) is 5.92 Å². The van der Waals surface area contributed by atoms with Crippen LogP contribution >= 0.6 is 11.6 Å². The minimum absolute atomic E-state index is 0.431. The van der Waals surface area contributed by atoms with E-state index in [2.05, 4.69) is 37.3 Å². The van der Waals surface area contributed by atoms with Crippen molar-refractivity contribution in [2.75, 3.05) is 12.4 Å². The first-order chi connectivity index (χ1) is 7.13. The van der Waals surface area contributed by atoms with Crippen LogP contribution in [0.1, 0.15) is 32.5 Å². The summed E-state index contributed by atoms with van der Waals surface area (Å²) in [5.41, 5.74) is 1.09. The monoisotopic (exact) mass is 229 g/mol. The van der Waals surface area contributed by atoms with Gasteiger partial charge in [0.15, 0.2) is 0 Å². The topological polar surface area (TPSA) is 29.9 Å². The minimum atomic E-state index is 0.431. The van der Waals surface area contributed by atoms with Crippen LogP contribution in [0.3, 0.4) is 0 Å². The molecule has 86 valence electrons. The first kappa shape index (κ1) is 12.5. The average molecular weight is 230 g/mol. The Morgan fingerprint density at radius 2 is 2.20 bits per heavy atom. The Bertz CT molecular complexity index is 283. The van der Waals surface area contributed by atoms with Crippen molar-refractivity contribution >= 4 is 11.6 Å². The molecular formula is C11H20ClN3. The highest BCUT2D eigenvalue weighted by Crippen LogP contribution is 2.04. The number of nitrogens with one attached hydrogen (secondary N) is 1. The number of hydrogen-bond donors (Lipinski definition) is 1. The number of hydrogen-bond acceptors (Lipinski definition) is 2. The fourth-order valence-electron chi connectivity index (χ4n) is 1.26. The Morgan fingerprint density at radius 3 is 2.73 bits per heavy atom. The van der Waals surface area contributed by atoms with Gasteiger partial charge in [-0.1, -0.05) is 6.92 Å². The van der Waals surface area contributed by atoms with Crippen LogP contribution in [0.25, 0.3) is 0 Å². The Balaban J connectivity index is 2.31. The summed E-state index contributed by atoms with van der Waals surface area (Å²) in [6, 6.07) is 2.48. The fraction of sp³-hybridized carbons (Fsp3) is 0.727. The Morgan fingerprint density at radius 1 is 1.47 bits per heavy atom. The van der Waals surface area contributed by atoms with Crippen molar-refractivity contribution in [3.05, 3.63) is 18.0 Å². The lowest BCUT2D eigenvalue weighted by molar-refractivity contribution is 0.512. The molecule has 1 atom stereocenters. The van der Waals surface area contributed by atoms with Crippen molar-refractivity contribution in [2.45, 2.75) is 33.4 Å². The summed E-state index contributed by atoms with van der Waals surface area (Å²) in [6.45, 7) is 8.14. The van der Waals surface area contributed by atoms with Gasteiger partial charge in [0.05, 0.1) is 5.69 Å². The summed E-state index contributed by atoms with van der Waals surface area (Å²) >= 11 is 5.72. The quantitative estimate of drug-likeness (QED) is 0.760. The lowest BCUT2D eigenvalue weighted by Crippen LogP contribution is -2.21. The molecule has 1 unspecified atom stereocenters. The van der Waals surface area contributed by atoms with E-state index in [0.717, 1.165) is 18.8 Å². The molecular weight excluding hydrogens is 210 g/mol. The molecule has 0 aliphatic heterocycles. The van der Waals surface area contributed by atoms with Gasteiger partial charge in [-0.05, 0) is 32.4 Å². The Hall–Kier alpha value is -0.540. The molecule has 0 radical (unpaired) electrons. The first-order valence-corrected chi connectivity index (χ1v) is 5.97. The third-order valence-electron chi connectivity index (χ3n) is 2.25. The van der Waals surface area contributed by atoms with Gasteiger partial charge in [0.25, 0.3) is 0 Å². The third-order valence-corrected chi connectivity index (χ3v) is 2.78. The molecule has 0 aliphatic rings. The van der Waals surface area contributed by atoms with Crippen LogP contribution in [-0.2, 0) is 6.54 Å². The van der Waals surface area contributed by atoms with Gasteiger partial charge < -0.3 is 5.32 Å². The molecule has 1 N–H and O–H groups in total. The zero-order chi connectivity index (χ0) is 11.3. The van der Waals surface area contributed by atoms with Crippen molar-refractivity contribution < 1.29 is 0 Å². The maximum atomic E-state index is 5.72. The summed E-state index contributed by atoms with van der Waals surface area (Å²) in [7, 11) is 0. The zero-order valence-corrected chi connectivity index (χ0v) is 10.5. The molecule has 0 amide bonds. The lowest BCUT2D eigenvalue weighted by Gasteiger charge is -2.08. The molecule has 1 rings (SSSR count). The third kappa shape index (κ3) is 4.22. The predicted octanol–water partition coefficient (Wildman–Crippen LogP) is 2.43. The highest BCUT2D eigenvalue weighted by molar-refractivity contribution is 6.18. The number of nitrogens with zero attached hydrogens (tertiary/aromatic N) is 2. The molecule has 0 saturated heterocycles. The van der Waals surface area contributed by atoms with E-state index in [1.807, 2.05) is 10.9 Å². The molecule has 15 heavy (non-hydrogen) atoms. The molecule has 1 heterocycles. The molecule has 0 saturated carbocycles. The van der Waals surface area contributed by atoms with Crippen molar-refractivity contribution in [3.8, 4) is 0 Å². The second kappa shape index (κ2) is 6.13. The predicted molar refractivity (Wildman–Crippen MR) is 64.2 cm³/mol. The van der Waals surface area contributed by atoms with Gasteiger partial charge in [0.2, 0.25) is 0 Å². The van der Waals surface area contributed by atoms with Crippen molar-refractivity contribution in [1.29, 1.82) is 0 Å². The maximum Gasteiger partial charge on any atom is 0.0762 e. The summed E-state index contributed by atoms with van der Waals surface area (Å²) in [6.07, 6.45) is 2.02. The van der Waals surface area contributed by atoms with Gasteiger partial charge in [-0.2, -0.15) is 5.10 Å². The van der Waals surface area contributed by atoms with Crippen molar-refractivity contribution in [1.82, 2.24) is 15.1 Å². The van der Waals surface area contributed by atoms with Gasteiger partial charge >= 0.3 is 0 Å². The summed E-state index contributed by atoms with van der Waals surface area (Å²) < 4.78 is 1.97. The molecule has 4 heteroatoms. The van der Waals surface area contributed by atoms with Gasteiger partial charge in [-0.25, -0.2) is 0 Å². The molecule has 0 spiro atoms. The van der Waals surface area contributed by atoms with E-state index in [-0.39, 0.29) is 0 Å². The van der Waals surface area contributed by atoms with E-state index in [1.165, 1.54) is 0 Å². The molecule has 1 aromatic rings. The largest absolute Gasteiger partial charge is 0.311 e. The van der Waals surface area contributed by atoms with E-state index < -0.39 is 0 Å².